The molecule has 1 aliphatic rings. The number of nitrogens with zero attached hydrogens (tertiary/aromatic N) is 2. The fourth-order valence-corrected chi connectivity index (χ4v) is 2.14. The molecule has 80 valence electrons. The van der Waals surface area contributed by atoms with Gasteiger partial charge in [-0.15, -0.1) is 0 Å². The van der Waals surface area contributed by atoms with Crippen LogP contribution in [0.4, 0.5) is 0 Å². The SMILES string of the molecule is CN1C[C@H](C(=O)O)C[C@@H]1c1cccnc1. The van der Waals surface area contributed by atoms with Gasteiger partial charge in [-0.3, -0.25) is 14.7 Å². The summed E-state index contributed by atoms with van der Waals surface area (Å²) in [6.07, 6.45) is 4.22. The van der Waals surface area contributed by atoms with E-state index >= 15 is 0 Å². The van der Waals surface area contributed by atoms with E-state index in [0.717, 1.165) is 5.56 Å². The molecule has 1 N–H and O–H groups in total. The number of aliphatic carboxylic acids is 1. The Morgan fingerprint density at radius 3 is 3.00 bits per heavy atom. The van der Waals surface area contributed by atoms with Crippen LogP contribution in [0.25, 0.3) is 0 Å². The Morgan fingerprint density at radius 1 is 1.67 bits per heavy atom. The number of aromatic nitrogens is 1. The highest BCUT2D eigenvalue weighted by Gasteiger charge is 2.34. The third kappa shape index (κ3) is 1.99. The van der Waals surface area contributed by atoms with Gasteiger partial charge in [0.1, 0.15) is 0 Å². The highest BCUT2D eigenvalue weighted by Crippen LogP contribution is 2.33. The number of hydrogen-bond donors (Lipinski definition) is 1. The molecule has 2 atom stereocenters. The summed E-state index contributed by atoms with van der Waals surface area (Å²) < 4.78 is 0. The zero-order valence-electron chi connectivity index (χ0n) is 8.63. The fraction of sp³-hybridized carbons (Fsp3) is 0.455. The molecule has 0 saturated carbocycles. The van der Waals surface area contributed by atoms with Gasteiger partial charge in [0.25, 0.3) is 0 Å². The van der Waals surface area contributed by atoms with Gasteiger partial charge in [-0.25, -0.2) is 0 Å². The minimum absolute atomic E-state index is 0.194. The molecule has 0 spiro atoms. The van der Waals surface area contributed by atoms with Crippen LogP contribution >= 0.6 is 0 Å². The Hall–Kier alpha value is -1.42. The van der Waals surface area contributed by atoms with Crippen LogP contribution in [0.5, 0.6) is 0 Å². The predicted molar refractivity (Wildman–Crippen MR) is 55.4 cm³/mol. The van der Waals surface area contributed by atoms with Crippen LogP contribution in [0, 0.1) is 5.92 Å². The van der Waals surface area contributed by atoms with Crippen molar-refractivity contribution in [3.63, 3.8) is 0 Å². The lowest BCUT2D eigenvalue weighted by atomic mass is 10.0. The molecule has 1 aromatic heterocycles. The maximum Gasteiger partial charge on any atom is 0.307 e. The lowest BCUT2D eigenvalue weighted by Crippen LogP contribution is -2.20. The molecular formula is C11H14N2O2. The molecule has 0 bridgehead atoms. The number of rotatable bonds is 2. The van der Waals surface area contributed by atoms with E-state index in [4.69, 9.17) is 5.11 Å². The van der Waals surface area contributed by atoms with Crippen molar-refractivity contribution in [3.8, 4) is 0 Å². The second-order valence-electron chi connectivity index (χ2n) is 4.01. The lowest BCUT2D eigenvalue weighted by molar-refractivity contribution is -0.141. The monoisotopic (exact) mass is 206 g/mol. The first-order valence-corrected chi connectivity index (χ1v) is 5.01. The molecular weight excluding hydrogens is 192 g/mol. The average Bonchev–Trinajstić information content (AvgIpc) is 2.62. The summed E-state index contributed by atoms with van der Waals surface area (Å²) in [4.78, 5) is 17.0. The Kier molecular flexibility index (Phi) is 2.68. The Morgan fingerprint density at radius 2 is 2.47 bits per heavy atom. The van der Waals surface area contributed by atoms with E-state index in [2.05, 4.69) is 9.88 Å². The van der Waals surface area contributed by atoms with Gasteiger partial charge in [-0.2, -0.15) is 0 Å². The third-order valence-electron chi connectivity index (χ3n) is 2.97. The zero-order chi connectivity index (χ0) is 10.8. The van der Waals surface area contributed by atoms with Crippen LogP contribution < -0.4 is 0 Å². The molecule has 1 aliphatic heterocycles. The summed E-state index contributed by atoms with van der Waals surface area (Å²) in [5, 5.41) is 8.95. The summed E-state index contributed by atoms with van der Waals surface area (Å²) in [7, 11) is 1.96. The van der Waals surface area contributed by atoms with Gasteiger partial charge in [0.15, 0.2) is 0 Å². The summed E-state index contributed by atoms with van der Waals surface area (Å²) in [5.41, 5.74) is 1.10. The van der Waals surface area contributed by atoms with Gasteiger partial charge in [0, 0.05) is 25.0 Å². The molecule has 2 rings (SSSR count). The smallest absolute Gasteiger partial charge is 0.307 e. The molecule has 4 nitrogen and oxygen atoms in total. The van der Waals surface area contributed by atoms with Gasteiger partial charge in [-0.05, 0) is 25.1 Å². The fourth-order valence-electron chi connectivity index (χ4n) is 2.14. The van der Waals surface area contributed by atoms with Crippen LogP contribution in [0.1, 0.15) is 18.0 Å². The van der Waals surface area contributed by atoms with E-state index in [9.17, 15) is 4.79 Å². The molecule has 0 radical (unpaired) electrons. The standard InChI is InChI=1S/C11H14N2O2/c1-13-7-9(11(14)15)5-10(13)8-3-2-4-12-6-8/h2-4,6,9-10H,5,7H2,1H3,(H,14,15)/t9-,10-/m1/s1. The van der Waals surface area contributed by atoms with Crippen molar-refractivity contribution < 1.29 is 9.90 Å². The number of hydrogen-bond acceptors (Lipinski definition) is 3. The van der Waals surface area contributed by atoms with Gasteiger partial charge >= 0.3 is 5.97 Å². The van der Waals surface area contributed by atoms with Gasteiger partial charge in [0.2, 0.25) is 0 Å². The molecule has 1 fully saturated rings. The molecule has 2 heterocycles. The highest BCUT2D eigenvalue weighted by molar-refractivity contribution is 5.70. The third-order valence-corrected chi connectivity index (χ3v) is 2.97. The second-order valence-corrected chi connectivity index (χ2v) is 4.01. The van der Waals surface area contributed by atoms with Gasteiger partial charge < -0.3 is 5.11 Å². The molecule has 4 heteroatoms. The van der Waals surface area contributed by atoms with E-state index in [0.29, 0.717) is 13.0 Å². The number of carboxylic acid groups (broad SMARTS) is 1. The lowest BCUT2D eigenvalue weighted by Gasteiger charge is -2.18. The summed E-state index contributed by atoms with van der Waals surface area (Å²) in [6, 6.07) is 4.08. The van der Waals surface area contributed by atoms with E-state index in [1.54, 1.807) is 6.20 Å². The Bertz CT molecular complexity index is 353. The van der Waals surface area contributed by atoms with Crippen LogP contribution in [0.15, 0.2) is 24.5 Å². The molecule has 0 unspecified atom stereocenters. The molecule has 15 heavy (non-hydrogen) atoms. The van der Waals surface area contributed by atoms with Crippen molar-refractivity contribution in [2.24, 2.45) is 5.92 Å². The van der Waals surface area contributed by atoms with Crippen molar-refractivity contribution in [1.29, 1.82) is 0 Å². The Balaban J connectivity index is 2.15. The normalized spacial score (nSPS) is 26.7. The first-order chi connectivity index (χ1) is 7.18. The van der Waals surface area contributed by atoms with Crippen LogP contribution in [-0.4, -0.2) is 34.6 Å². The number of carboxylic acids is 1. The van der Waals surface area contributed by atoms with Crippen molar-refractivity contribution in [2.75, 3.05) is 13.6 Å². The maximum absolute atomic E-state index is 10.9. The van der Waals surface area contributed by atoms with Gasteiger partial charge in [0.05, 0.1) is 5.92 Å². The van der Waals surface area contributed by atoms with E-state index in [1.807, 2.05) is 25.4 Å². The first kappa shape index (κ1) is 10.1. The number of likely N-dealkylation sites (tertiary alicyclic amines) is 1. The summed E-state index contributed by atoms with van der Waals surface area (Å²) >= 11 is 0. The second kappa shape index (κ2) is 3.98. The van der Waals surface area contributed by atoms with Gasteiger partial charge in [-0.1, -0.05) is 6.07 Å². The van der Waals surface area contributed by atoms with Crippen molar-refractivity contribution in [3.05, 3.63) is 30.1 Å². The number of carbonyl (C=O) groups is 1. The quantitative estimate of drug-likeness (QED) is 0.789. The average molecular weight is 206 g/mol. The topological polar surface area (TPSA) is 53.4 Å². The van der Waals surface area contributed by atoms with Crippen molar-refractivity contribution in [2.45, 2.75) is 12.5 Å². The van der Waals surface area contributed by atoms with Crippen molar-refractivity contribution in [1.82, 2.24) is 9.88 Å². The molecule has 1 saturated heterocycles. The van der Waals surface area contributed by atoms with E-state index in [-0.39, 0.29) is 12.0 Å². The van der Waals surface area contributed by atoms with Crippen LogP contribution in [0.2, 0.25) is 0 Å². The van der Waals surface area contributed by atoms with Crippen LogP contribution in [-0.2, 0) is 4.79 Å². The molecule has 0 aromatic carbocycles. The maximum atomic E-state index is 10.9. The Labute approximate surface area is 88.6 Å². The first-order valence-electron chi connectivity index (χ1n) is 5.01. The molecule has 1 aromatic rings. The summed E-state index contributed by atoms with van der Waals surface area (Å²) in [5.74, 6) is -0.951. The van der Waals surface area contributed by atoms with E-state index in [1.165, 1.54) is 0 Å². The highest BCUT2D eigenvalue weighted by atomic mass is 16.4. The zero-order valence-corrected chi connectivity index (χ0v) is 8.63. The summed E-state index contributed by atoms with van der Waals surface area (Å²) in [6.45, 7) is 0.620. The van der Waals surface area contributed by atoms with E-state index < -0.39 is 5.97 Å². The van der Waals surface area contributed by atoms with Crippen molar-refractivity contribution >= 4 is 5.97 Å². The molecule has 0 aliphatic carbocycles. The number of pyridine rings is 1. The largest absolute Gasteiger partial charge is 0.481 e. The van der Waals surface area contributed by atoms with Crippen LogP contribution in [0.3, 0.4) is 0 Å². The predicted octanol–water partition coefficient (Wildman–Crippen LogP) is 1.16. The minimum atomic E-state index is -0.701. The minimum Gasteiger partial charge on any atom is -0.481 e. The molecule has 0 amide bonds.